The Morgan fingerprint density at radius 1 is 0.290 bits per heavy atom. The molecule has 0 bridgehead atoms. The first-order valence-corrected chi connectivity index (χ1v) is 21.1. The molecule has 0 atom stereocenters. The van der Waals surface area contributed by atoms with E-state index in [1.165, 1.54) is 44.5 Å². The molecular weight excluding hydrogens is 755 g/mol. The fourth-order valence-corrected chi connectivity index (χ4v) is 10.2. The van der Waals surface area contributed by atoms with E-state index in [9.17, 15) is 0 Å². The summed E-state index contributed by atoms with van der Waals surface area (Å²) in [6.07, 6.45) is 0. The molecule has 9 aromatic carbocycles. The van der Waals surface area contributed by atoms with E-state index in [2.05, 4.69) is 170 Å². The van der Waals surface area contributed by atoms with Crippen LogP contribution in [0.25, 0.3) is 101 Å². The summed E-state index contributed by atoms with van der Waals surface area (Å²) in [6, 6.07) is 75.6. The van der Waals surface area contributed by atoms with E-state index in [0.717, 1.165) is 60.9 Å². The molecule has 13 rings (SSSR count). The first kappa shape index (κ1) is 34.6. The summed E-state index contributed by atoms with van der Waals surface area (Å²) < 4.78 is 6.38. The van der Waals surface area contributed by atoms with Crippen LogP contribution in [0, 0.1) is 0 Å². The lowest BCUT2D eigenvalue weighted by molar-refractivity contribution is 0.670. The van der Waals surface area contributed by atoms with Gasteiger partial charge in [-0.15, -0.1) is 0 Å². The van der Waals surface area contributed by atoms with Gasteiger partial charge in [-0.3, -0.25) is 0 Å². The van der Waals surface area contributed by atoms with Crippen molar-refractivity contribution in [3.63, 3.8) is 0 Å². The highest BCUT2D eigenvalue weighted by Gasteiger charge is 2.51. The second-order valence-corrected chi connectivity index (χ2v) is 16.3. The second-order valence-electron chi connectivity index (χ2n) is 16.3. The van der Waals surface area contributed by atoms with Crippen LogP contribution >= 0.6 is 0 Å². The zero-order valence-electron chi connectivity index (χ0n) is 33.5. The van der Waals surface area contributed by atoms with Crippen LogP contribution in [0.1, 0.15) is 22.3 Å². The molecule has 0 aliphatic heterocycles. The molecule has 0 amide bonds. The summed E-state index contributed by atoms with van der Waals surface area (Å²) in [5.41, 5.74) is 19.0. The molecule has 0 fully saturated rings. The Morgan fingerprint density at radius 3 is 1.45 bits per heavy atom. The summed E-state index contributed by atoms with van der Waals surface area (Å²) in [4.78, 5) is 15.3. The molecule has 0 unspecified atom stereocenters. The van der Waals surface area contributed by atoms with Crippen LogP contribution < -0.4 is 0 Å². The molecular formula is C58H35N3O. The van der Waals surface area contributed by atoms with E-state index in [1.54, 1.807) is 0 Å². The smallest absolute Gasteiger partial charge is 0.164 e. The predicted molar refractivity (Wildman–Crippen MR) is 251 cm³/mol. The standard InChI is InChI=1S/C58H35N3O/c1-2-14-37(15-3-1)55-59-56(38-30-28-36(29-31-38)42-22-13-23-47-46-21-7-11-27-53(46)62-54(42)47)61-57(60-55)41-17-12-16-39(34-41)40-32-33-52-48(35-40)45-20-6-10-26-51(45)58(52)49-24-8-4-18-43(49)44-19-5-9-25-50(44)58/h1-35H. The molecule has 288 valence electrons. The Morgan fingerprint density at radius 2 is 0.742 bits per heavy atom. The summed E-state index contributed by atoms with van der Waals surface area (Å²) in [5.74, 6) is 1.87. The van der Waals surface area contributed by atoms with Gasteiger partial charge >= 0.3 is 0 Å². The lowest BCUT2D eigenvalue weighted by Crippen LogP contribution is -2.25. The lowest BCUT2D eigenvalue weighted by atomic mass is 9.70. The van der Waals surface area contributed by atoms with Crippen molar-refractivity contribution in [2.24, 2.45) is 0 Å². The number of hydrogen-bond donors (Lipinski definition) is 0. The number of rotatable bonds is 5. The van der Waals surface area contributed by atoms with Crippen molar-refractivity contribution in [3.8, 4) is 78.7 Å². The second kappa shape index (κ2) is 13.4. The highest BCUT2D eigenvalue weighted by atomic mass is 16.3. The number of fused-ring (bicyclic) bond motifs is 13. The van der Waals surface area contributed by atoms with Crippen molar-refractivity contribution in [2.45, 2.75) is 5.41 Å². The molecule has 1 spiro atoms. The van der Waals surface area contributed by atoms with Crippen molar-refractivity contribution < 1.29 is 4.42 Å². The Balaban J connectivity index is 0.910. The van der Waals surface area contributed by atoms with Gasteiger partial charge in [0.25, 0.3) is 0 Å². The predicted octanol–water partition coefficient (Wildman–Crippen LogP) is 14.4. The van der Waals surface area contributed by atoms with Crippen molar-refractivity contribution >= 4 is 21.9 Å². The molecule has 4 heteroatoms. The van der Waals surface area contributed by atoms with Gasteiger partial charge in [-0.05, 0) is 79.4 Å². The van der Waals surface area contributed by atoms with Gasteiger partial charge in [0.2, 0.25) is 0 Å². The van der Waals surface area contributed by atoms with E-state index in [0.29, 0.717) is 17.5 Å². The summed E-state index contributed by atoms with van der Waals surface area (Å²) in [5, 5.41) is 2.23. The number of hydrogen-bond acceptors (Lipinski definition) is 4. The van der Waals surface area contributed by atoms with E-state index >= 15 is 0 Å². The molecule has 0 N–H and O–H groups in total. The van der Waals surface area contributed by atoms with Gasteiger partial charge in [0.15, 0.2) is 17.5 Å². The third kappa shape index (κ3) is 5.04. The van der Waals surface area contributed by atoms with Crippen LogP contribution in [-0.2, 0) is 5.41 Å². The topological polar surface area (TPSA) is 51.8 Å². The van der Waals surface area contributed by atoms with Crippen LogP contribution in [0.5, 0.6) is 0 Å². The van der Waals surface area contributed by atoms with Crippen LogP contribution in [0.3, 0.4) is 0 Å². The minimum Gasteiger partial charge on any atom is -0.455 e. The average molecular weight is 790 g/mol. The van der Waals surface area contributed by atoms with Gasteiger partial charge in [0, 0.05) is 33.0 Å². The minimum absolute atomic E-state index is 0.367. The van der Waals surface area contributed by atoms with E-state index in [1.807, 2.05) is 42.5 Å². The fraction of sp³-hybridized carbons (Fsp3) is 0.0172. The SMILES string of the molecule is c1ccc(-c2nc(-c3ccc(-c4cccc5c4oc4ccccc45)cc3)nc(-c3cccc(-c4ccc5c(c4)-c4ccccc4C54c5ccccc5-c5ccccc54)c3)n2)cc1. The molecule has 2 aliphatic rings. The average Bonchev–Trinajstić information content (AvgIpc) is 3.98. The van der Waals surface area contributed by atoms with Crippen LogP contribution in [0.2, 0.25) is 0 Å². The first-order valence-electron chi connectivity index (χ1n) is 21.1. The first-order chi connectivity index (χ1) is 30.7. The van der Waals surface area contributed by atoms with Crippen molar-refractivity contribution in [1.82, 2.24) is 15.0 Å². The summed E-state index contributed by atoms with van der Waals surface area (Å²) in [6.45, 7) is 0. The van der Waals surface area contributed by atoms with Crippen molar-refractivity contribution in [3.05, 3.63) is 235 Å². The molecule has 62 heavy (non-hydrogen) atoms. The molecule has 0 radical (unpaired) electrons. The van der Waals surface area contributed by atoms with Crippen LogP contribution in [0.15, 0.2) is 217 Å². The van der Waals surface area contributed by atoms with Crippen molar-refractivity contribution in [1.29, 1.82) is 0 Å². The highest BCUT2D eigenvalue weighted by molar-refractivity contribution is 6.09. The van der Waals surface area contributed by atoms with Gasteiger partial charge < -0.3 is 4.42 Å². The fourth-order valence-electron chi connectivity index (χ4n) is 10.2. The Bertz CT molecular complexity index is 3540. The summed E-state index contributed by atoms with van der Waals surface area (Å²) >= 11 is 0. The number of furan rings is 1. The molecule has 2 aliphatic carbocycles. The maximum Gasteiger partial charge on any atom is 0.164 e. The number of benzene rings is 9. The number of nitrogens with zero attached hydrogens (tertiary/aromatic N) is 3. The zero-order chi connectivity index (χ0) is 40.8. The van der Waals surface area contributed by atoms with Gasteiger partial charge in [0.1, 0.15) is 11.2 Å². The van der Waals surface area contributed by atoms with Gasteiger partial charge in [0.05, 0.1) is 5.41 Å². The van der Waals surface area contributed by atoms with Gasteiger partial charge in [-0.25, -0.2) is 15.0 Å². The molecule has 4 nitrogen and oxygen atoms in total. The summed E-state index contributed by atoms with van der Waals surface area (Å²) in [7, 11) is 0. The Kier molecular flexibility index (Phi) is 7.49. The normalized spacial score (nSPS) is 13.0. The van der Waals surface area contributed by atoms with E-state index < -0.39 is 0 Å². The quantitative estimate of drug-likeness (QED) is 0.174. The van der Waals surface area contributed by atoms with Crippen LogP contribution in [0.4, 0.5) is 0 Å². The molecule has 2 aromatic heterocycles. The number of aromatic nitrogens is 3. The van der Waals surface area contributed by atoms with Gasteiger partial charge in [-0.1, -0.05) is 194 Å². The monoisotopic (exact) mass is 789 g/mol. The third-order valence-electron chi connectivity index (χ3n) is 13.0. The highest BCUT2D eigenvalue weighted by Crippen LogP contribution is 2.63. The Labute approximate surface area is 358 Å². The largest absolute Gasteiger partial charge is 0.455 e. The van der Waals surface area contributed by atoms with Crippen molar-refractivity contribution in [2.75, 3.05) is 0 Å². The van der Waals surface area contributed by atoms with Crippen LogP contribution in [-0.4, -0.2) is 15.0 Å². The maximum absolute atomic E-state index is 6.38. The number of para-hydroxylation sites is 2. The van der Waals surface area contributed by atoms with E-state index in [4.69, 9.17) is 19.4 Å². The minimum atomic E-state index is -0.367. The lowest BCUT2D eigenvalue weighted by Gasteiger charge is -2.30. The van der Waals surface area contributed by atoms with E-state index in [-0.39, 0.29) is 5.41 Å². The molecule has 0 saturated heterocycles. The van der Waals surface area contributed by atoms with Gasteiger partial charge in [-0.2, -0.15) is 0 Å². The molecule has 0 saturated carbocycles. The molecule has 11 aromatic rings. The third-order valence-corrected chi connectivity index (χ3v) is 13.0. The maximum atomic E-state index is 6.38. The molecule has 2 heterocycles. The zero-order valence-corrected chi connectivity index (χ0v) is 33.5. The Hall–Kier alpha value is -8.21.